The smallest absolute Gasteiger partial charge is 0.317 e. The van der Waals surface area contributed by atoms with Gasteiger partial charge >= 0.3 is 5.97 Å². The summed E-state index contributed by atoms with van der Waals surface area (Å²) < 4.78 is 5.61. The van der Waals surface area contributed by atoms with Gasteiger partial charge in [-0.05, 0) is 51.5 Å². The first-order valence-corrected chi connectivity index (χ1v) is 10.6. The molecule has 158 valence electrons. The third-order valence-corrected chi connectivity index (χ3v) is 6.59. The van der Waals surface area contributed by atoms with Gasteiger partial charge in [0.1, 0.15) is 0 Å². The molecule has 2 heterocycles. The third kappa shape index (κ3) is 4.46. The predicted octanol–water partition coefficient (Wildman–Crippen LogP) is 2.90. The monoisotopic (exact) mass is 400 g/mol. The molecule has 2 aliphatic heterocycles. The molecule has 2 amide bonds. The van der Waals surface area contributed by atoms with Crippen LogP contribution < -0.4 is 0 Å². The van der Waals surface area contributed by atoms with Crippen LogP contribution in [0.3, 0.4) is 0 Å². The number of hydrogen-bond acceptors (Lipinski definition) is 4. The molecule has 2 atom stereocenters. The van der Waals surface area contributed by atoms with Crippen molar-refractivity contribution in [2.75, 3.05) is 19.7 Å². The van der Waals surface area contributed by atoms with Crippen molar-refractivity contribution in [2.45, 2.75) is 70.4 Å². The van der Waals surface area contributed by atoms with Crippen LogP contribution in [0.4, 0.5) is 0 Å². The zero-order valence-corrected chi connectivity index (χ0v) is 17.7. The minimum absolute atomic E-state index is 0.0169. The second-order valence-corrected chi connectivity index (χ2v) is 8.46. The molecule has 3 rings (SSSR count). The van der Waals surface area contributed by atoms with E-state index in [1.165, 1.54) is 0 Å². The highest BCUT2D eigenvalue weighted by atomic mass is 16.5. The summed E-state index contributed by atoms with van der Waals surface area (Å²) in [5, 5.41) is 0. The summed E-state index contributed by atoms with van der Waals surface area (Å²) in [6.45, 7) is 6.45. The summed E-state index contributed by atoms with van der Waals surface area (Å²) in [5.41, 5.74) is 0.0763. The van der Waals surface area contributed by atoms with Crippen LogP contribution in [0.15, 0.2) is 30.3 Å². The molecule has 2 saturated heterocycles. The third-order valence-electron chi connectivity index (χ3n) is 6.59. The first-order chi connectivity index (χ1) is 13.8. The number of likely N-dealkylation sites (tertiary alicyclic amines) is 2. The van der Waals surface area contributed by atoms with E-state index < -0.39 is 5.41 Å². The van der Waals surface area contributed by atoms with Gasteiger partial charge in [0.25, 0.3) is 5.91 Å². The molecule has 0 unspecified atom stereocenters. The minimum atomic E-state index is -0.813. The Bertz CT molecular complexity index is 731. The van der Waals surface area contributed by atoms with E-state index in [1.54, 1.807) is 11.8 Å². The molecule has 6 heteroatoms. The fourth-order valence-electron chi connectivity index (χ4n) is 4.82. The second-order valence-electron chi connectivity index (χ2n) is 8.46. The van der Waals surface area contributed by atoms with E-state index in [1.807, 2.05) is 35.2 Å². The molecular weight excluding hydrogens is 368 g/mol. The van der Waals surface area contributed by atoms with Crippen LogP contribution in [-0.4, -0.2) is 59.4 Å². The lowest BCUT2D eigenvalue weighted by molar-refractivity contribution is -0.161. The lowest BCUT2D eigenvalue weighted by atomic mass is 9.72. The quantitative estimate of drug-likeness (QED) is 0.729. The van der Waals surface area contributed by atoms with E-state index in [-0.39, 0.29) is 36.5 Å². The largest absolute Gasteiger partial charge is 0.455 e. The van der Waals surface area contributed by atoms with Gasteiger partial charge in [0.2, 0.25) is 5.91 Å². The number of amides is 2. The van der Waals surface area contributed by atoms with E-state index in [2.05, 4.69) is 13.8 Å². The highest BCUT2D eigenvalue weighted by Crippen LogP contribution is 2.37. The van der Waals surface area contributed by atoms with Crippen molar-refractivity contribution in [3.63, 3.8) is 0 Å². The van der Waals surface area contributed by atoms with E-state index in [0.717, 1.165) is 24.8 Å². The summed E-state index contributed by atoms with van der Waals surface area (Å²) in [6.07, 6.45) is 4.09. The molecule has 2 aliphatic rings. The highest BCUT2D eigenvalue weighted by molar-refractivity contribution is 5.87. The fraction of sp³-hybridized carbons (Fsp3) is 0.609. The number of ether oxygens (including phenoxy) is 1. The van der Waals surface area contributed by atoms with Crippen molar-refractivity contribution in [1.29, 1.82) is 0 Å². The number of carbonyl (C=O) groups excluding carboxylic acids is 3. The molecule has 0 spiro atoms. The van der Waals surface area contributed by atoms with Crippen molar-refractivity contribution in [3.05, 3.63) is 35.9 Å². The first-order valence-electron chi connectivity index (χ1n) is 10.6. The van der Waals surface area contributed by atoms with Crippen molar-refractivity contribution in [1.82, 2.24) is 9.80 Å². The van der Waals surface area contributed by atoms with Crippen LogP contribution in [-0.2, 0) is 24.5 Å². The number of rotatable bonds is 4. The summed E-state index contributed by atoms with van der Waals surface area (Å²) in [7, 11) is 0. The van der Waals surface area contributed by atoms with E-state index in [0.29, 0.717) is 25.9 Å². The zero-order valence-electron chi connectivity index (χ0n) is 17.7. The van der Waals surface area contributed by atoms with Crippen molar-refractivity contribution >= 4 is 17.8 Å². The van der Waals surface area contributed by atoms with Gasteiger partial charge in [-0.1, -0.05) is 30.3 Å². The minimum Gasteiger partial charge on any atom is -0.455 e. The zero-order chi connectivity index (χ0) is 21.0. The fourth-order valence-corrected chi connectivity index (χ4v) is 4.82. The number of esters is 1. The Hall–Kier alpha value is -2.37. The maximum atomic E-state index is 13.3. The van der Waals surface area contributed by atoms with E-state index >= 15 is 0 Å². The number of nitrogens with zero attached hydrogens (tertiary/aromatic N) is 2. The molecule has 6 nitrogen and oxygen atoms in total. The van der Waals surface area contributed by atoms with Crippen LogP contribution in [0.25, 0.3) is 0 Å². The van der Waals surface area contributed by atoms with Gasteiger partial charge in [-0.15, -0.1) is 0 Å². The second kappa shape index (κ2) is 8.97. The van der Waals surface area contributed by atoms with E-state index in [4.69, 9.17) is 4.74 Å². The first kappa shape index (κ1) is 21.3. The standard InChI is InChI=1S/C23H32N2O4/c1-17-8-7-9-18(2)25(17)21(27)16-29-22(28)23(20-10-5-4-6-11-20)12-14-24(15-13-23)19(3)26/h4-6,10-11,17-18H,7-9,12-16H2,1-3H3/t17-,18-/m0/s1. The molecule has 0 saturated carbocycles. The summed E-state index contributed by atoms with van der Waals surface area (Å²) in [5.74, 6) is -0.469. The highest BCUT2D eigenvalue weighted by Gasteiger charge is 2.45. The molecule has 0 radical (unpaired) electrons. The lowest BCUT2D eigenvalue weighted by Gasteiger charge is -2.41. The molecule has 0 aromatic heterocycles. The molecule has 29 heavy (non-hydrogen) atoms. The van der Waals surface area contributed by atoms with E-state index in [9.17, 15) is 14.4 Å². The maximum Gasteiger partial charge on any atom is 0.317 e. The van der Waals surface area contributed by atoms with Gasteiger partial charge < -0.3 is 14.5 Å². The Balaban J connectivity index is 1.72. The van der Waals surface area contributed by atoms with Gasteiger partial charge in [-0.2, -0.15) is 0 Å². The van der Waals surface area contributed by atoms with Crippen molar-refractivity contribution in [2.24, 2.45) is 0 Å². The molecule has 1 aromatic rings. The van der Waals surface area contributed by atoms with Crippen molar-refractivity contribution in [3.8, 4) is 0 Å². The Morgan fingerprint density at radius 1 is 1.03 bits per heavy atom. The summed E-state index contributed by atoms with van der Waals surface area (Å²) in [6, 6.07) is 9.94. The number of carbonyl (C=O) groups is 3. The van der Waals surface area contributed by atoms with Gasteiger partial charge in [0.05, 0.1) is 5.41 Å². The molecule has 0 bridgehead atoms. The van der Waals surface area contributed by atoms with Crippen molar-refractivity contribution < 1.29 is 19.1 Å². The Morgan fingerprint density at radius 3 is 2.17 bits per heavy atom. The van der Waals surface area contributed by atoms with Gasteiger partial charge in [-0.25, -0.2) is 0 Å². The van der Waals surface area contributed by atoms with Gasteiger partial charge in [0, 0.05) is 32.1 Å². The van der Waals surface area contributed by atoms with Gasteiger partial charge in [0.15, 0.2) is 6.61 Å². The topological polar surface area (TPSA) is 66.9 Å². The lowest BCUT2D eigenvalue weighted by Crippen LogP contribution is -2.51. The molecule has 0 aliphatic carbocycles. The number of benzene rings is 1. The van der Waals surface area contributed by atoms with Crippen LogP contribution in [0.5, 0.6) is 0 Å². The average Bonchev–Trinajstić information content (AvgIpc) is 2.72. The maximum absolute atomic E-state index is 13.3. The average molecular weight is 401 g/mol. The number of piperidine rings is 2. The molecule has 0 N–H and O–H groups in total. The Labute approximate surface area is 173 Å². The molecule has 1 aromatic carbocycles. The molecular formula is C23H32N2O4. The van der Waals surface area contributed by atoms with Crippen LogP contribution in [0.2, 0.25) is 0 Å². The molecule has 2 fully saturated rings. The van der Waals surface area contributed by atoms with Crippen LogP contribution in [0.1, 0.15) is 58.4 Å². The number of hydrogen-bond donors (Lipinski definition) is 0. The van der Waals surface area contributed by atoms with Crippen LogP contribution in [0, 0.1) is 0 Å². The SMILES string of the molecule is CC(=O)N1CCC(C(=O)OCC(=O)N2[C@@H](C)CCC[C@@H]2C)(c2ccccc2)CC1. The Morgan fingerprint density at radius 2 is 1.62 bits per heavy atom. The predicted molar refractivity (Wildman–Crippen MR) is 110 cm³/mol. The van der Waals surface area contributed by atoms with Gasteiger partial charge in [-0.3, -0.25) is 14.4 Å². The summed E-state index contributed by atoms with van der Waals surface area (Å²) in [4.78, 5) is 41.4. The normalized spacial score (nSPS) is 24.1. The van der Waals surface area contributed by atoms with Crippen LogP contribution >= 0.6 is 0 Å². The Kier molecular flexibility index (Phi) is 6.60. The summed E-state index contributed by atoms with van der Waals surface area (Å²) >= 11 is 0.